The summed E-state index contributed by atoms with van der Waals surface area (Å²) < 4.78 is 0. The molecule has 0 aliphatic carbocycles. The Morgan fingerprint density at radius 2 is 2.07 bits per heavy atom. The zero-order chi connectivity index (χ0) is 20.6. The van der Waals surface area contributed by atoms with Gasteiger partial charge in [-0.3, -0.25) is 9.69 Å². The number of nitrogens with one attached hydrogen (secondary N) is 2. The van der Waals surface area contributed by atoms with Gasteiger partial charge in [0, 0.05) is 38.1 Å². The number of rotatable bonds is 5. The number of anilines is 1. The fourth-order valence-electron chi connectivity index (χ4n) is 3.25. The van der Waals surface area contributed by atoms with Gasteiger partial charge in [-0.2, -0.15) is 0 Å². The van der Waals surface area contributed by atoms with E-state index in [0.29, 0.717) is 24.3 Å². The number of thiazole rings is 1. The number of terminal acetylenes is 1. The second kappa shape index (κ2) is 10.0. The first-order valence-corrected chi connectivity index (χ1v) is 10.4. The summed E-state index contributed by atoms with van der Waals surface area (Å²) in [6.45, 7) is 5.96. The van der Waals surface area contributed by atoms with Crippen molar-refractivity contribution in [1.82, 2.24) is 20.1 Å². The van der Waals surface area contributed by atoms with Gasteiger partial charge in [0.2, 0.25) is 0 Å². The highest BCUT2D eigenvalue weighted by atomic mass is 32.1. The Bertz CT molecular complexity index is 904. The highest BCUT2D eigenvalue weighted by Gasteiger charge is 2.21. The second-order valence-corrected chi connectivity index (χ2v) is 7.90. The standard InChI is InChI=1S/C21H25N5O2S/c1-3-9-22-20(27)18-7-4-5-8-19(18)24-21(28)26-11-6-10-25(12-13-26)14-17-15-29-16(2)23-17/h1,4-5,7-8,15H,6,9-14H2,2H3,(H,22,27)(H,24,28). The Labute approximate surface area is 175 Å². The maximum atomic E-state index is 12.8. The fraction of sp³-hybridized carbons (Fsp3) is 0.381. The van der Waals surface area contributed by atoms with E-state index in [9.17, 15) is 9.59 Å². The van der Waals surface area contributed by atoms with Gasteiger partial charge in [0.1, 0.15) is 0 Å². The summed E-state index contributed by atoms with van der Waals surface area (Å²) in [5.41, 5.74) is 1.95. The molecule has 2 N–H and O–H groups in total. The monoisotopic (exact) mass is 411 g/mol. The van der Waals surface area contributed by atoms with Crippen LogP contribution in [-0.4, -0.2) is 59.4 Å². The summed E-state index contributed by atoms with van der Waals surface area (Å²) in [4.78, 5) is 33.7. The van der Waals surface area contributed by atoms with Gasteiger partial charge in [0.15, 0.2) is 0 Å². The minimum atomic E-state index is -0.306. The van der Waals surface area contributed by atoms with Gasteiger partial charge in [0.25, 0.3) is 5.91 Å². The molecule has 0 bridgehead atoms. The molecule has 1 saturated heterocycles. The molecule has 3 rings (SSSR count). The van der Waals surface area contributed by atoms with Gasteiger partial charge in [-0.25, -0.2) is 9.78 Å². The van der Waals surface area contributed by atoms with E-state index >= 15 is 0 Å². The maximum Gasteiger partial charge on any atom is 0.321 e. The molecule has 1 fully saturated rings. The first kappa shape index (κ1) is 20.8. The molecule has 2 heterocycles. The third kappa shape index (κ3) is 5.79. The normalized spacial score (nSPS) is 14.7. The van der Waals surface area contributed by atoms with E-state index in [0.717, 1.165) is 36.8 Å². The quantitative estimate of drug-likeness (QED) is 0.742. The average Bonchev–Trinajstić information content (AvgIpc) is 2.98. The molecule has 1 aromatic carbocycles. The first-order chi connectivity index (χ1) is 14.1. The molecule has 7 nitrogen and oxygen atoms in total. The summed E-state index contributed by atoms with van der Waals surface area (Å²) in [5, 5.41) is 8.67. The van der Waals surface area contributed by atoms with Crippen molar-refractivity contribution in [3.05, 3.63) is 45.9 Å². The van der Waals surface area contributed by atoms with Gasteiger partial charge in [-0.1, -0.05) is 18.1 Å². The lowest BCUT2D eigenvalue weighted by Crippen LogP contribution is -2.38. The zero-order valence-electron chi connectivity index (χ0n) is 16.5. The first-order valence-electron chi connectivity index (χ1n) is 9.57. The van der Waals surface area contributed by atoms with Gasteiger partial charge in [0.05, 0.1) is 28.5 Å². The Balaban J connectivity index is 1.59. The van der Waals surface area contributed by atoms with Crippen LogP contribution in [0, 0.1) is 19.3 Å². The molecule has 0 unspecified atom stereocenters. The van der Waals surface area contributed by atoms with Crippen LogP contribution in [0.5, 0.6) is 0 Å². The largest absolute Gasteiger partial charge is 0.341 e. The molecule has 1 aliphatic heterocycles. The van der Waals surface area contributed by atoms with Crippen molar-refractivity contribution >= 4 is 29.0 Å². The van der Waals surface area contributed by atoms with E-state index in [2.05, 4.69) is 31.8 Å². The number of amides is 3. The van der Waals surface area contributed by atoms with Crippen LogP contribution >= 0.6 is 11.3 Å². The number of para-hydroxylation sites is 1. The van der Waals surface area contributed by atoms with Crippen LogP contribution in [0.1, 0.15) is 27.5 Å². The lowest BCUT2D eigenvalue weighted by atomic mass is 10.1. The molecule has 2 aromatic rings. The van der Waals surface area contributed by atoms with Crippen molar-refractivity contribution in [1.29, 1.82) is 0 Å². The topological polar surface area (TPSA) is 77.6 Å². The van der Waals surface area contributed by atoms with E-state index in [1.54, 1.807) is 40.5 Å². The third-order valence-corrected chi connectivity index (χ3v) is 5.51. The van der Waals surface area contributed by atoms with Crippen LogP contribution in [0.3, 0.4) is 0 Å². The summed E-state index contributed by atoms with van der Waals surface area (Å²) in [7, 11) is 0. The van der Waals surface area contributed by atoms with Gasteiger partial charge >= 0.3 is 6.03 Å². The van der Waals surface area contributed by atoms with E-state index < -0.39 is 0 Å². The van der Waals surface area contributed by atoms with Crippen molar-refractivity contribution in [3.8, 4) is 12.3 Å². The zero-order valence-corrected chi connectivity index (χ0v) is 17.3. The lowest BCUT2D eigenvalue weighted by Gasteiger charge is -2.22. The van der Waals surface area contributed by atoms with Crippen molar-refractivity contribution < 1.29 is 9.59 Å². The minimum Gasteiger partial charge on any atom is -0.341 e. The number of aryl methyl sites for hydroxylation is 1. The summed E-state index contributed by atoms with van der Waals surface area (Å²) in [6, 6.07) is 6.73. The molecule has 1 aliphatic rings. The van der Waals surface area contributed by atoms with Crippen molar-refractivity contribution in [2.75, 3.05) is 38.0 Å². The van der Waals surface area contributed by atoms with Crippen molar-refractivity contribution in [3.63, 3.8) is 0 Å². The van der Waals surface area contributed by atoms with Crippen LogP contribution in [0.4, 0.5) is 10.5 Å². The van der Waals surface area contributed by atoms with Gasteiger partial charge < -0.3 is 15.5 Å². The predicted molar refractivity (Wildman–Crippen MR) is 115 cm³/mol. The number of nitrogens with zero attached hydrogens (tertiary/aromatic N) is 3. The number of carbonyl (C=O) groups excluding carboxylic acids is 2. The highest BCUT2D eigenvalue weighted by molar-refractivity contribution is 7.09. The van der Waals surface area contributed by atoms with Crippen LogP contribution < -0.4 is 10.6 Å². The molecule has 1 aromatic heterocycles. The summed E-state index contributed by atoms with van der Waals surface area (Å²) in [5.74, 6) is 2.07. The van der Waals surface area contributed by atoms with Crippen LogP contribution in [0.2, 0.25) is 0 Å². The molecule has 29 heavy (non-hydrogen) atoms. The molecule has 8 heteroatoms. The number of benzene rings is 1. The Kier molecular flexibility index (Phi) is 7.22. The summed E-state index contributed by atoms with van der Waals surface area (Å²) >= 11 is 1.66. The second-order valence-electron chi connectivity index (χ2n) is 6.84. The van der Waals surface area contributed by atoms with E-state index in [4.69, 9.17) is 6.42 Å². The number of hydrogen-bond acceptors (Lipinski definition) is 5. The van der Waals surface area contributed by atoms with Gasteiger partial charge in [-0.15, -0.1) is 17.8 Å². The van der Waals surface area contributed by atoms with Crippen molar-refractivity contribution in [2.45, 2.75) is 19.9 Å². The Morgan fingerprint density at radius 1 is 1.24 bits per heavy atom. The Morgan fingerprint density at radius 3 is 2.83 bits per heavy atom. The lowest BCUT2D eigenvalue weighted by molar-refractivity contribution is 0.0959. The molecular formula is C21H25N5O2S. The molecule has 3 amide bonds. The molecule has 0 radical (unpaired) electrons. The number of carbonyl (C=O) groups is 2. The van der Waals surface area contributed by atoms with Gasteiger partial charge in [-0.05, 0) is 25.5 Å². The van der Waals surface area contributed by atoms with Crippen LogP contribution in [-0.2, 0) is 6.54 Å². The van der Waals surface area contributed by atoms with E-state index in [1.165, 1.54) is 0 Å². The van der Waals surface area contributed by atoms with E-state index in [1.807, 2.05) is 6.92 Å². The SMILES string of the molecule is C#CCNC(=O)c1ccccc1NC(=O)N1CCCN(Cc2csc(C)n2)CC1. The molecule has 0 spiro atoms. The maximum absolute atomic E-state index is 12.8. The van der Waals surface area contributed by atoms with Crippen molar-refractivity contribution in [2.24, 2.45) is 0 Å². The van der Waals surface area contributed by atoms with E-state index in [-0.39, 0.29) is 18.5 Å². The minimum absolute atomic E-state index is 0.140. The molecule has 0 saturated carbocycles. The average molecular weight is 412 g/mol. The third-order valence-electron chi connectivity index (χ3n) is 4.69. The predicted octanol–water partition coefficient (Wildman–Crippen LogP) is 2.55. The molecule has 152 valence electrons. The summed E-state index contributed by atoms with van der Waals surface area (Å²) in [6.07, 6.45) is 6.09. The smallest absolute Gasteiger partial charge is 0.321 e. The number of aromatic nitrogens is 1. The number of urea groups is 1. The Hall–Kier alpha value is -2.89. The number of hydrogen-bond donors (Lipinski definition) is 2. The molecule has 0 atom stereocenters. The molecular weight excluding hydrogens is 386 g/mol. The van der Waals surface area contributed by atoms with Crippen LogP contribution in [0.15, 0.2) is 29.6 Å². The van der Waals surface area contributed by atoms with Crippen LogP contribution in [0.25, 0.3) is 0 Å². The fourth-order valence-corrected chi connectivity index (χ4v) is 3.86. The highest BCUT2D eigenvalue weighted by Crippen LogP contribution is 2.17.